The Morgan fingerprint density at radius 3 is 2.56 bits per heavy atom. The van der Waals surface area contributed by atoms with E-state index in [9.17, 15) is 4.79 Å². The normalized spacial score (nSPS) is 18.7. The molecule has 1 aromatic rings. The summed E-state index contributed by atoms with van der Waals surface area (Å²) in [6.45, 7) is 1.77. The number of nitrogens with zero attached hydrogens (tertiary/aromatic N) is 1. The molecule has 0 aliphatic heterocycles. The summed E-state index contributed by atoms with van der Waals surface area (Å²) in [5.41, 5.74) is 1.28. The predicted molar refractivity (Wildman–Crippen MR) is 80.0 cm³/mol. The van der Waals surface area contributed by atoms with Crippen LogP contribution in [0.4, 0.5) is 0 Å². The molecule has 0 heterocycles. The van der Waals surface area contributed by atoms with Crippen LogP contribution in [0.15, 0.2) is 24.3 Å². The second kappa shape index (κ2) is 5.19. The van der Waals surface area contributed by atoms with Crippen LogP contribution in [-0.2, 0) is 11.3 Å². The minimum absolute atomic E-state index is 0.338. The van der Waals surface area contributed by atoms with E-state index in [4.69, 9.17) is 0 Å². The van der Waals surface area contributed by atoms with E-state index in [1.807, 2.05) is 0 Å². The summed E-state index contributed by atoms with van der Waals surface area (Å²) in [6.07, 6.45) is 4.82. The Hall–Kier alpha value is -0.580. The maximum absolute atomic E-state index is 12.3. The van der Waals surface area contributed by atoms with Crippen molar-refractivity contribution in [3.8, 4) is 0 Å². The van der Waals surface area contributed by atoms with Gasteiger partial charge < -0.3 is 4.90 Å². The number of rotatable bonds is 5. The number of halogens is 1. The molecule has 2 fully saturated rings. The molecule has 0 unspecified atom stereocenters. The molecular weight excluding hydrogens is 337 g/mol. The van der Waals surface area contributed by atoms with Crippen molar-refractivity contribution in [2.45, 2.75) is 32.2 Å². The highest BCUT2D eigenvalue weighted by Crippen LogP contribution is 2.35. The van der Waals surface area contributed by atoms with Crippen molar-refractivity contribution >= 4 is 28.5 Å². The van der Waals surface area contributed by atoms with Gasteiger partial charge in [-0.1, -0.05) is 18.2 Å². The Kier molecular flexibility index (Phi) is 3.59. The second-order valence-corrected chi connectivity index (χ2v) is 6.69. The van der Waals surface area contributed by atoms with E-state index in [1.165, 1.54) is 22.0 Å². The largest absolute Gasteiger partial charge is 0.338 e. The molecule has 96 valence electrons. The Labute approximate surface area is 122 Å². The number of carbonyl (C=O) groups is 1. The highest BCUT2D eigenvalue weighted by molar-refractivity contribution is 14.1. The van der Waals surface area contributed by atoms with E-state index >= 15 is 0 Å². The summed E-state index contributed by atoms with van der Waals surface area (Å²) in [5, 5.41) is 0. The van der Waals surface area contributed by atoms with Crippen molar-refractivity contribution in [3.05, 3.63) is 33.4 Å². The molecule has 1 amide bonds. The zero-order chi connectivity index (χ0) is 12.5. The molecule has 2 saturated carbocycles. The number of hydrogen-bond donors (Lipinski definition) is 0. The van der Waals surface area contributed by atoms with E-state index < -0.39 is 0 Å². The molecule has 3 heteroatoms. The fraction of sp³-hybridized carbons (Fsp3) is 0.533. The van der Waals surface area contributed by atoms with Gasteiger partial charge in [0.2, 0.25) is 5.91 Å². The summed E-state index contributed by atoms with van der Waals surface area (Å²) in [5.74, 6) is 1.50. The van der Waals surface area contributed by atoms with Crippen molar-refractivity contribution in [1.82, 2.24) is 4.90 Å². The Balaban J connectivity index is 1.71. The van der Waals surface area contributed by atoms with E-state index in [0.29, 0.717) is 11.8 Å². The van der Waals surface area contributed by atoms with E-state index in [0.717, 1.165) is 31.8 Å². The first-order chi connectivity index (χ1) is 8.74. The summed E-state index contributed by atoms with van der Waals surface area (Å²) in [4.78, 5) is 14.4. The standard InChI is InChI=1S/C15H18INO/c16-14-4-2-1-3-13(14)10-17(9-11-5-6-11)15(18)12-7-8-12/h1-4,11-12H,5-10H2. The SMILES string of the molecule is O=C(C1CC1)N(Cc1ccccc1I)CC1CC1. The van der Waals surface area contributed by atoms with E-state index in [2.05, 4.69) is 51.8 Å². The third kappa shape index (κ3) is 3.05. The van der Waals surface area contributed by atoms with Gasteiger partial charge in [-0.05, 0) is 65.8 Å². The number of amides is 1. The van der Waals surface area contributed by atoms with Gasteiger partial charge in [-0.15, -0.1) is 0 Å². The van der Waals surface area contributed by atoms with Gasteiger partial charge in [0, 0.05) is 22.6 Å². The lowest BCUT2D eigenvalue weighted by molar-refractivity contribution is -0.133. The molecule has 0 N–H and O–H groups in total. The molecule has 2 aliphatic rings. The minimum atomic E-state index is 0.338. The van der Waals surface area contributed by atoms with E-state index in [-0.39, 0.29) is 0 Å². The topological polar surface area (TPSA) is 20.3 Å². The van der Waals surface area contributed by atoms with Gasteiger partial charge >= 0.3 is 0 Å². The molecule has 0 spiro atoms. The zero-order valence-corrected chi connectivity index (χ0v) is 12.6. The highest BCUT2D eigenvalue weighted by atomic mass is 127. The number of benzene rings is 1. The lowest BCUT2D eigenvalue weighted by Crippen LogP contribution is -2.33. The van der Waals surface area contributed by atoms with Crippen LogP contribution in [0.2, 0.25) is 0 Å². The predicted octanol–water partition coefficient (Wildman–Crippen LogP) is 3.44. The van der Waals surface area contributed by atoms with Crippen LogP contribution in [0.1, 0.15) is 31.2 Å². The molecule has 2 nitrogen and oxygen atoms in total. The number of carbonyl (C=O) groups excluding carboxylic acids is 1. The van der Waals surface area contributed by atoms with Crippen molar-refractivity contribution in [2.75, 3.05) is 6.54 Å². The van der Waals surface area contributed by atoms with Gasteiger partial charge in [-0.3, -0.25) is 4.79 Å². The fourth-order valence-corrected chi connectivity index (χ4v) is 2.82. The molecule has 1 aromatic carbocycles. The molecule has 0 radical (unpaired) electrons. The molecule has 0 saturated heterocycles. The van der Waals surface area contributed by atoms with Gasteiger partial charge in [-0.2, -0.15) is 0 Å². The van der Waals surface area contributed by atoms with Crippen LogP contribution >= 0.6 is 22.6 Å². The molecule has 0 aromatic heterocycles. The molecule has 2 aliphatic carbocycles. The summed E-state index contributed by atoms with van der Waals surface area (Å²) < 4.78 is 1.26. The Bertz CT molecular complexity index is 452. The summed E-state index contributed by atoms with van der Waals surface area (Å²) in [7, 11) is 0. The molecule has 3 rings (SSSR count). The quantitative estimate of drug-likeness (QED) is 0.741. The van der Waals surface area contributed by atoms with Gasteiger partial charge in [-0.25, -0.2) is 0 Å². The first kappa shape index (κ1) is 12.5. The van der Waals surface area contributed by atoms with Crippen molar-refractivity contribution in [1.29, 1.82) is 0 Å². The number of hydrogen-bond acceptors (Lipinski definition) is 1. The smallest absolute Gasteiger partial charge is 0.225 e. The van der Waals surface area contributed by atoms with Crippen molar-refractivity contribution in [2.24, 2.45) is 11.8 Å². The first-order valence-electron chi connectivity index (χ1n) is 6.76. The molecule has 0 bridgehead atoms. The van der Waals surface area contributed by atoms with Crippen molar-refractivity contribution in [3.63, 3.8) is 0 Å². The monoisotopic (exact) mass is 355 g/mol. The molecule has 18 heavy (non-hydrogen) atoms. The average Bonchev–Trinajstić information content (AvgIpc) is 3.24. The Morgan fingerprint density at radius 2 is 1.94 bits per heavy atom. The summed E-state index contributed by atoms with van der Waals surface area (Å²) >= 11 is 2.36. The van der Waals surface area contributed by atoms with Crippen LogP contribution < -0.4 is 0 Å². The third-order valence-corrected chi connectivity index (χ3v) is 4.79. The van der Waals surface area contributed by atoms with Crippen molar-refractivity contribution < 1.29 is 4.79 Å². The minimum Gasteiger partial charge on any atom is -0.338 e. The highest BCUT2D eigenvalue weighted by Gasteiger charge is 2.35. The maximum atomic E-state index is 12.3. The second-order valence-electron chi connectivity index (χ2n) is 5.53. The van der Waals surface area contributed by atoms with Gasteiger partial charge in [0.05, 0.1) is 0 Å². The Morgan fingerprint density at radius 1 is 1.22 bits per heavy atom. The van der Waals surface area contributed by atoms with Crippen LogP contribution in [0.25, 0.3) is 0 Å². The van der Waals surface area contributed by atoms with Gasteiger partial charge in [0.15, 0.2) is 0 Å². The fourth-order valence-electron chi connectivity index (χ4n) is 2.27. The molecular formula is C15H18INO. The van der Waals surface area contributed by atoms with E-state index in [1.54, 1.807) is 0 Å². The zero-order valence-electron chi connectivity index (χ0n) is 10.4. The third-order valence-electron chi connectivity index (χ3n) is 3.73. The molecule has 0 atom stereocenters. The maximum Gasteiger partial charge on any atom is 0.225 e. The van der Waals surface area contributed by atoms with Gasteiger partial charge in [0.25, 0.3) is 0 Å². The lowest BCUT2D eigenvalue weighted by atomic mass is 10.2. The first-order valence-corrected chi connectivity index (χ1v) is 7.84. The van der Waals surface area contributed by atoms with Gasteiger partial charge in [0.1, 0.15) is 0 Å². The van der Waals surface area contributed by atoms with Crippen LogP contribution in [0.5, 0.6) is 0 Å². The van der Waals surface area contributed by atoms with Crippen LogP contribution in [-0.4, -0.2) is 17.4 Å². The average molecular weight is 355 g/mol. The van der Waals surface area contributed by atoms with Crippen LogP contribution in [0.3, 0.4) is 0 Å². The van der Waals surface area contributed by atoms with Crippen LogP contribution in [0, 0.1) is 15.4 Å². The lowest BCUT2D eigenvalue weighted by Gasteiger charge is -2.23. The summed E-state index contributed by atoms with van der Waals surface area (Å²) in [6, 6.07) is 8.38.